The smallest absolute Gasteiger partial charge is 0.548 e. The standard InChI is InChI=1S/C23H26N2O3S3.K/c1-4-5-6-11-24-17-9-7-15(2)12-18(17)30-20(24)10-8-16(3)13-19-22(28)25(14-21(26)27)23(29)31-19;/h7-10,12-13H,4-6,11,14H2,1-3H3,(H,26,27);/q;+1/p-1/b16-8+,19-13+,20-10-;. The molecule has 0 aromatic heterocycles. The Labute approximate surface area is 246 Å². The third kappa shape index (κ3) is 7.05. The van der Waals surface area contributed by atoms with Crippen LogP contribution in [0.2, 0.25) is 0 Å². The minimum Gasteiger partial charge on any atom is -0.548 e. The second kappa shape index (κ2) is 12.9. The minimum absolute atomic E-state index is 0. The molecule has 0 bridgehead atoms. The van der Waals surface area contributed by atoms with Gasteiger partial charge >= 0.3 is 51.4 Å². The zero-order chi connectivity index (χ0) is 22.5. The van der Waals surface area contributed by atoms with Gasteiger partial charge in [0.1, 0.15) is 4.32 Å². The van der Waals surface area contributed by atoms with Crippen LogP contribution in [0.15, 0.2) is 56.8 Å². The largest absolute Gasteiger partial charge is 1.00 e. The first-order chi connectivity index (χ1) is 14.8. The molecular formula is C23H25KN2O3S3. The number of anilines is 1. The number of amides is 1. The summed E-state index contributed by atoms with van der Waals surface area (Å²) >= 11 is 8.00. The molecule has 0 spiro atoms. The normalized spacial score (nSPS) is 18.5. The van der Waals surface area contributed by atoms with Crippen molar-refractivity contribution in [1.82, 2.24) is 4.90 Å². The number of carboxylic acid groups (broad SMARTS) is 1. The first-order valence-electron chi connectivity index (χ1n) is 10.2. The fourth-order valence-electron chi connectivity index (χ4n) is 3.31. The van der Waals surface area contributed by atoms with Gasteiger partial charge < -0.3 is 14.8 Å². The van der Waals surface area contributed by atoms with Crippen LogP contribution in [0, 0.1) is 6.92 Å². The number of carboxylic acids is 1. The Morgan fingerprint density at radius 1 is 1.22 bits per heavy atom. The van der Waals surface area contributed by atoms with E-state index in [0.717, 1.165) is 40.2 Å². The Morgan fingerprint density at radius 2 is 1.97 bits per heavy atom. The van der Waals surface area contributed by atoms with Crippen LogP contribution in [0.25, 0.3) is 0 Å². The van der Waals surface area contributed by atoms with Crippen molar-refractivity contribution in [3.05, 3.63) is 57.5 Å². The topological polar surface area (TPSA) is 63.7 Å². The van der Waals surface area contributed by atoms with E-state index in [4.69, 9.17) is 12.2 Å². The molecule has 9 heteroatoms. The van der Waals surface area contributed by atoms with Gasteiger partial charge in [-0.25, -0.2) is 0 Å². The number of fused-ring (bicyclic) bond motifs is 1. The summed E-state index contributed by atoms with van der Waals surface area (Å²) in [6, 6.07) is 6.54. The van der Waals surface area contributed by atoms with E-state index < -0.39 is 12.5 Å². The fourth-order valence-corrected chi connectivity index (χ4v) is 5.80. The molecule has 5 nitrogen and oxygen atoms in total. The van der Waals surface area contributed by atoms with Crippen LogP contribution in [0.3, 0.4) is 0 Å². The number of carbonyl (C=O) groups is 2. The molecule has 32 heavy (non-hydrogen) atoms. The third-order valence-corrected chi connectivity index (χ3v) is 7.37. The predicted molar refractivity (Wildman–Crippen MR) is 131 cm³/mol. The molecule has 164 valence electrons. The third-order valence-electron chi connectivity index (χ3n) is 4.88. The van der Waals surface area contributed by atoms with Crippen LogP contribution in [-0.2, 0) is 9.59 Å². The summed E-state index contributed by atoms with van der Waals surface area (Å²) in [6.45, 7) is 6.67. The van der Waals surface area contributed by atoms with Crippen LogP contribution in [0.4, 0.5) is 5.69 Å². The van der Waals surface area contributed by atoms with E-state index in [1.807, 2.05) is 13.0 Å². The molecule has 0 radical (unpaired) electrons. The molecule has 1 saturated heterocycles. The van der Waals surface area contributed by atoms with Gasteiger partial charge in [0.2, 0.25) is 0 Å². The summed E-state index contributed by atoms with van der Waals surface area (Å²) in [5, 5.41) is 12.0. The molecule has 0 aliphatic carbocycles. The Balaban J connectivity index is 0.00000363. The molecule has 1 amide bonds. The van der Waals surface area contributed by atoms with Crippen molar-refractivity contribution >= 4 is 57.6 Å². The molecule has 1 aromatic carbocycles. The number of thiocarbonyl (C=S) groups is 1. The van der Waals surface area contributed by atoms with Gasteiger partial charge in [0, 0.05) is 11.4 Å². The van der Waals surface area contributed by atoms with E-state index in [9.17, 15) is 14.7 Å². The minimum atomic E-state index is -1.33. The van der Waals surface area contributed by atoms with Gasteiger partial charge in [-0.05, 0) is 55.7 Å². The fraction of sp³-hybridized carbons (Fsp3) is 0.348. The van der Waals surface area contributed by atoms with Gasteiger partial charge in [-0.2, -0.15) is 0 Å². The summed E-state index contributed by atoms with van der Waals surface area (Å²) < 4.78 is 0.242. The van der Waals surface area contributed by atoms with Crippen molar-refractivity contribution in [3.8, 4) is 0 Å². The second-order valence-electron chi connectivity index (χ2n) is 7.49. The molecule has 1 aromatic rings. The second-order valence-corrected chi connectivity index (χ2v) is 10.2. The van der Waals surface area contributed by atoms with Gasteiger partial charge in [0.25, 0.3) is 5.91 Å². The number of hydrogen-bond acceptors (Lipinski definition) is 7. The maximum atomic E-state index is 12.4. The molecule has 0 atom stereocenters. The van der Waals surface area contributed by atoms with Gasteiger partial charge in [-0.1, -0.05) is 67.6 Å². The molecular weight excluding hydrogens is 488 g/mol. The van der Waals surface area contributed by atoms with Crippen LogP contribution >= 0.6 is 35.7 Å². The number of thioether (sulfide) groups is 2. The molecule has 0 saturated carbocycles. The molecule has 0 unspecified atom stereocenters. The number of carbonyl (C=O) groups excluding carboxylic acids is 2. The number of allylic oxidation sites excluding steroid dienone is 4. The van der Waals surface area contributed by atoms with E-state index in [-0.39, 0.29) is 61.6 Å². The van der Waals surface area contributed by atoms with Gasteiger partial charge in [-0.3, -0.25) is 9.69 Å². The number of hydrogen-bond donors (Lipinski definition) is 0. The average molecular weight is 513 g/mol. The monoisotopic (exact) mass is 512 g/mol. The Kier molecular flexibility index (Phi) is 11.2. The molecule has 2 heterocycles. The Bertz CT molecular complexity index is 1000. The van der Waals surface area contributed by atoms with E-state index in [1.54, 1.807) is 17.8 Å². The number of nitrogens with zero attached hydrogens (tertiary/aromatic N) is 2. The van der Waals surface area contributed by atoms with Crippen LogP contribution in [-0.4, -0.2) is 34.2 Å². The van der Waals surface area contributed by atoms with Crippen molar-refractivity contribution in [3.63, 3.8) is 0 Å². The Hall–Kier alpha value is -0.394. The van der Waals surface area contributed by atoms with Crippen LogP contribution in [0.5, 0.6) is 0 Å². The number of benzene rings is 1. The van der Waals surface area contributed by atoms with Gasteiger partial charge in [0.15, 0.2) is 0 Å². The first kappa shape index (κ1) is 27.8. The molecule has 0 N–H and O–H groups in total. The average Bonchev–Trinajstić information content (AvgIpc) is 3.17. The zero-order valence-corrected chi connectivity index (χ0v) is 24.4. The quantitative estimate of drug-likeness (QED) is 0.226. The van der Waals surface area contributed by atoms with E-state index in [0.29, 0.717) is 4.91 Å². The number of aliphatic carboxylic acids is 1. The number of aryl methyl sites for hydroxylation is 1. The SMILES string of the molecule is CCCCCN1/C(=C/C=C(C)/C=C2/SC(=S)N(CC(=O)[O-])C2=O)Sc2cc(C)ccc21.[K+]. The first-order valence-corrected chi connectivity index (χ1v) is 12.2. The molecule has 1 fully saturated rings. The summed E-state index contributed by atoms with van der Waals surface area (Å²) in [6.07, 6.45) is 9.32. The van der Waals surface area contributed by atoms with Crippen LogP contribution < -0.4 is 61.4 Å². The van der Waals surface area contributed by atoms with E-state index in [1.165, 1.54) is 29.0 Å². The maximum Gasteiger partial charge on any atom is 1.00 e. The zero-order valence-electron chi connectivity index (χ0n) is 18.8. The van der Waals surface area contributed by atoms with Crippen molar-refractivity contribution in [1.29, 1.82) is 0 Å². The number of rotatable bonds is 8. The molecule has 2 aliphatic rings. The maximum absolute atomic E-state index is 12.4. The van der Waals surface area contributed by atoms with Gasteiger partial charge in [-0.15, -0.1) is 0 Å². The summed E-state index contributed by atoms with van der Waals surface area (Å²) in [7, 11) is 0. The number of unbranched alkanes of at least 4 members (excludes halogenated alkanes) is 2. The summed E-state index contributed by atoms with van der Waals surface area (Å²) in [4.78, 5) is 28.4. The van der Waals surface area contributed by atoms with Crippen molar-refractivity contribution in [2.75, 3.05) is 18.0 Å². The summed E-state index contributed by atoms with van der Waals surface area (Å²) in [5.41, 5.74) is 3.38. The van der Waals surface area contributed by atoms with Crippen molar-refractivity contribution < 1.29 is 66.1 Å². The Morgan fingerprint density at radius 3 is 2.66 bits per heavy atom. The summed E-state index contributed by atoms with van der Waals surface area (Å²) in [5.74, 6) is -1.72. The van der Waals surface area contributed by atoms with Crippen LogP contribution in [0.1, 0.15) is 38.7 Å². The van der Waals surface area contributed by atoms with E-state index >= 15 is 0 Å². The van der Waals surface area contributed by atoms with Crippen molar-refractivity contribution in [2.45, 2.75) is 44.9 Å². The molecule has 3 rings (SSSR count). The van der Waals surface area contributed by atoms with Crippen molar-refractivity contribution in [2.24, 2.45) is 0 Å². The van der Waals surface area contributed by atoms with Gasteiger partial charge in [0.05, 0.1) is 28.1 Å². The van der Waals surface area contributed by atoms with E-state index in [2.05, 4.69) is 43.0 Å². The predicted octanol–water partition coefficient (Wildman–Crippen LogP) is 1.38. The molecule has 2 aliphatic heterocycles.